The van der Waals surface area contributed by atoms with E-state index >= 15 is 0 Å². The first kappa shape index (κ1) is 12.4. The number of hydrogen-bond donors (Lipinski definition) is 1. The Balaban J connectivity index is 3.71. The van der Waals surface area contributed by atoms with E-state index in [0.717, 1.165) is 0 Å². The second-order valence-corrected chi connectivity index (χ2v) is 3.18. The molecule has 0 aromatic rings. The van der Waals surface area contributed by atoms with Gasteiger partial charge in [-0.05, 0) is 6.92 Å². The van der Waals surface area contributed by atoms with Gasteiger partial charge in [0.15, 0.2) is 0 Å². The van der Waals surface area contributed by atoms with Crippen molar-refractivity contribution in [3.63, 3.8) is 0 Å². The molecule has 0 bridgehead atoms. The van der Waals surface area contributed by atoms with Gasteiger partial charge in [0.1, 0.15) is 5.92 Å². The molecule has 0 saturated carbocycles. The lowest BCUT2D eigenvalue weighted by molar-refractivity contribution is -0.128. The van der Waals surface area contributed by atoms with Crippen LogP contribution in [-0.2, 0) is 9.59 Å². The van der Waals surface area contributed by atoms with Crippen LogP contribution in [0.3, 0.4) is 0 Å². The molecule has 0 fully saturated rings. The van der Waals surface area contributed by atoms with E-state index in [9.17, 15) is 9.59 Å². The summed E-state index contributed by atoms with van der Waals surface area (Å²) >= 11 is 0. The van der Waals surface area contributed by atoms with Crippen molar-refractivity contribution in [1.82, 2.24) is 10.2 Å². The molecule has 0 rings (SSSR count). The fourth-order valence-electron chi connectivity index (χ4n) is 0.728. The Morgan fingerprint density at radius 1 is 1.50 bits per heavy atom. The molecule has 0 heterocycles. The van der Waals surface area contributed by atoms with Crippen molar-refractivity contribution in [3.05, 3.63) is 0 Å². The molecule has 5 nitrogen and oxygen atoms in total. The van der Waals surface area contributed by atoms with Crippen LogP contribution in [0.15, 0.2) is 0 Å². The quantitative estimate of drug-likeness (QED) is 0.674. The van der Waals surface area contributed by atoms with Gasteiger partial charge in [0.2, 0.25) is 11.8 Å². The maximum atomic E-state index is 11.1. The highest BCUT2D eigenvalue weighted by Gasteiger charge is 2.11. The number of carbonyl (C=O) groups is 2. The number of nitriles is 1. The van der Waals surface area contributed by atoms with E-state index in [1.165, 1.54) is 11.8 Å². The van der Waals surface area contributed by atoms with Gasteiger partial charge in [0.05, 0.1) is 6.07 Å². The minimum Gasteiger partial charge on any atom is -0.354 e. The number of nitrogens with one attached hydrogen (secondary N) is 1. The minimum atomic E-state index is -0.663. The van der Waals surface area contributed by atoms with Gasteiger partial charge in [-0.25, -0.2) is 0 Å². The van der Waals surface area contributed by atoms with Gasteiger partial charge in [-0.3, -0.25) is 9.59 Å². The third-order valence-corrected chi connectivity index (χ3v) is 1.72. The third kappa shape index (κ3) is 4.45. The van der Waals surface area contributed by atoms with Crippen LogP contribution >= 0.6 is 0 Å². The number of carbonyl (C=O) groups excluding carboxylic acids is 2. The molecule has 0 aliphatic heterocycles. The van der Waals surface area contributed by atoms with Gasteiger partial charge >= 0.3 is 0 Å². The lowest BCUT2D eigenvalue weighted by Crippen LogP contribution is -2.32. The van der Waals surface area contributed by atoms with Crippen LogP contribution in [0.5, 0.6) is 0 Å². The van der Waals surface area contributed by atoms with E-state index in [2.05, 4.69) is 5.32 Å². The Morgan fingerprint density at radius 2 is 2.07 bits per heavy atom. The standard InChI is InChI=1S/C9H15N3O2/c1-7(6-10)9(14)11-5-4-8(13)12(2)3/h7H,4-5H2,1-3H3,(H,11,14). The summed E-state index contributed by atoms with van der Waals surface area (Å²) in [5, 5.41) is 10.9. The predicted molar refractivity (Wildman–Crippen MR) is 51.1 cm³/mol. The molecule has 5 heteroatoms. The van der Waals surface area contributed by atoms with Gasteiger partial charge in [0.25, 0.3) is 0 Å². The summed E-state index contributed by atoms with van der Waals surface area (Å²) in [6.07, 6.45) is 0.261. The van der Waals surface area contributed by atoms with Crippen molar-refractivity contribution in [2.45, 2.75) is 13.3 Å². The van der Waals surface area contributed by atoms with Crippen molar-refractivity contribution in [2.75, 3.05) is 20.6 Å². The molecule has 2 amide bonds. The van der Waals surface area contributed by atoms with E-state index in [1.807, 2.05) is 6.07 Å². The van der Waals surface area contributed by atoms with Gasteiger partial charge < -0.3 is 10.2 Å². The molecule has 0 spiro atoms. The third-order valence-electron chi connectivity index (χ3n) is 1.72. The largest absolute Gasteiger partial charge is 0.354 e. The average Bonchev–Trinajstić information content (AvgIpc) is 2.15. The van der Waals surface area contributed by atoms with E-state index in [-0.39, 0.29) is 24.8 Å². The molecule has 0 aliphatic rings. The Hall–Kier alpha value is -1.57. The summed E-state index contributed by atoms with van der Waals surface area (Å²) in [4.78, 5) is 23.6. The molecular formula is C9H15N3O2. The first-order valence-corrected chi connectivity index (χ1v) is 4.36. The van der Waals surface area contributed by atoms with Gasteiger partial charge in [-0.2, -0.15) is 5.26 Å². The maximum absolute atomic E-state index is 11.1. The summed E-state index contributed by atoms with van der Waals surface area (Å²) in [7, 11) is 3.31. The highest BCUT2D eigenvalue weighted by molar-refractivity contribution is 5.81. The number of nitrogens with zero attached hydrogens (tertiary/aromatic N) is 2. The molecule has 14 heavy (non-hydrogen) atoms. The monoisotopic (exact) mass is 197 g/mol. The Bertz CT molecular complexity index is 255. The zero-order chi connectivity index (χ0) is 11.1. The lowest BCUT2D eigenvalue weighted by atomic mass is 10.2. The average molecular weight is 197 g/mol. The first-order valence-electron chi connectivity index (χ1n) is 4.36. The van der Waals surface area contributed by atoms with E-state index in [1.54, 1.807) is 14.1 Å². The summed E-state index contributed by atoms with van der Waals surface area (Å²) in [6, 6.07) is 1.82. The van der Waals surface area contributed by atoms with Gasteiger partial charge in [-0.1, -0.05) is 0 Å². The molecule has 1 unspecified atom stereocenters. The van der Waals surface area contributed by atoms with Crippen LogP contribution in [0.4, 0.5) is 0 Å². The predicted octanol–water partition coefficient (Wildman–Crippen LogP) is -0.259. The fraction of sp³-hybridized carbons (Fsp3) is 0.667. The molecule has 78 valence electrons. The Morgan fingerprint density at radius 3 is 2.50 bits per heavy atom. The van der Waals surface area contributed by atoms with Crippen LogP contribution in [0.25, 0.3) is 0 Å². The highest BCUT2D eigenvalue weighted by Crippen LogP contribution is 1.91. The molecule has 0 aromatic carbocycles. The second kappa shape index (κ2) is 5.97. The number of rotatable bonds is 4. The summed E-state index contributed by atoms with van der Waals surface area (Å²) < 4.78 is 0. The Kier molecular flexibility index (Phi) is 5.30. The summed E-state index contributed by atoms with van der Waals surface area (Å²) in [5.41, 5.74) is 0. The van der Waals surface area contributed by atoms with Crippen LogP contribution in [-0.4, -0.2) is 37.4 Å². The number of hydrogen-bond acceptors (Lipinski definition) is 3. The highest BCUT2D eigenvalue weighted by atomic mass is 16.2. The lowest BCUT2D eigenvalue weighted by Gasteiger charge is -2.10. The second-order valence-electron chi connectivity index (χ2n) is 3.18. The first-order chi connectivity index (χ1) is 6.49. The summed E-state index contributed by atoms with van der Waals surface area (Å²) in [5.74, 6) is -1.04. The number of amides is 2. The van der Waals surface area contributed by atoms with E-state index in [0.29, 0.717) is 0 Å². The van der Waals surface area contributed by atoms with Crippen LogP contribution in [0, 0.1) is 17.2 Å². The molecule has 0 radical (unpaired) electrons. The van der Waals surface area contributed by atoms with Gasteiger partial charge in [0, 0.05) is 27.1 Å². The zero-order valence-electron chi connectivity index (χ0n) is 8.70. The van der Waals surface area contributed by atoms with Crippen LogP contribution in [0.1, 0.15) is 13.3 Å². The van der Waals surface area contributed by atoms with Crippen molar-refractivity contribution in [1.29, 1.82) is 5.26 Å². The van der Waals surface area contributed by atoms with Crippen molar-refractivity contribution in [3.8, 4) is 6.07 Å². The van der Waals surface area contributed by atoms with Crippen molar-refractivity contribution < 1.29 is 9.59 Å². The normalized spacial score (nSPS) is 11.3. The molecule has 0 aromatic heterocycles. The topological polar surface area (TPSA) is 73.2 Å². The molecule has 0 aliphatic carbocycles. The van der Waals surface area contributed by atoms with Crippen molar-refractivity contribution in [2.24, 2.45) is 5.92 Å². The van der Waals surface area contributed by atoms with Crippen molar-refractivity contribution >= 4 is 11.8 Å². The molecule has 1 N–H and O–H groups in total. The maximum Gasteiger partial charge on any atom is 0.237 e. The van der Waals surface area contributed by atoms with Crippen LogP contribution in [0.2, 0.25) is 0 Å². The Labute approximate surface area is 83.7 Å². The van der Waals surface area contributed by atoms with E-state index < -0.39 is 5.92 Å². The molecule has 1 atom stereocenters. The summed E-state index contributed by atoms with van der Waals surface area (Å²) in [6.45, 7) is 1.80. The van der Waals surface area contributed by atoms with Gasteiger partial charge in [-0.15, -0.1) is 0 Å². The SMILES string of the molecule is CC(C#N)C(=O)NCCC(=O)N(C)C. The van der Waals surface area contributed by atoms with E-state index in [4.69, 9.17) is 5.26 Å². The van der Waals surface area contributed by atoms with Crippen LogP contribution < -0.4 is 5.32 Å². The fourth-order valence-corrected chi connectivity index (χ4v) is 0.728. The zero-order valence-corrected chi connectivity index (χ0v) is 8.70. The molecule has 0 saturated heterocycles. The minimum absolute atomic E-state index is 0.0464. The smallest absolute Gasteiger partial charge is 0.237 e. The molecular weight excluding hydrogens is 182 g/mol.